The molecule has 2 aliphatic rings. The zero-order valence-electron chi connectivity index (χ0n) is 18.6. The lowest BCUT2D eigenvalue weighted by Gasteiger charge is -2.33. The van der Waals surface area contributed by atoms with Crippen molar-refractivity contribution in [1.29, 1.82) is 0 Å². The first-order valence-corrected chi connectivity index (χ1v) is 11.7. The molecule has 0 bridgehead atoms. The van der Waals surface area contributed by atoms with Crippen LogP contribution in [0.25, 0.3) is 10.8 Å². The molecule has 0 radical (unpaired) electrons. The topological polar surface area (TPSA) is 100 Å². The number of benzene rings is 1. The van der Waals surface area contributed by atoms with E-state index in [1.165, 1.54) is 43.9 Å². The van der Waals surface area contributed by atoms with Crippen LogP contribution >= 0.6 is 0 Å². The van der Waals surface area contributed by atoms with Crippen LogP contribution in [0.3, 0.4) is 0 Å². The van der Waals surface area contributed by atoms with Gasteiger partial charge in [-0.15, -0.1) is 0 Å². The Balaban J connectivity index is 1.43. The molecule has 5 rings (SSSR count). The molecule has 1 aliphatic carbocycles. The van der Waals surface area contributed by atoms with Crippen LogP contribution in [0.5, 0.6) is 0 Å². The summed E-state index contributed by atoms with van der Waals surface area (Å²) in [6.07, 6.45) is 10.6. The highest BCUT2D eigenvalue weighted by atomic mass is 16.3. The zero-order valence-corrected chi connectivity index (χ0v) is 18.6. The third kappa shape index (κ3) is 4.41. The Labute approximate surface area is 192 Å². The van der Waals surface area contributed by atoms with Crippen LogP contribution in [0, 0.1) is 0 Å². The van der Waals surface area contributed by atoms with Crippen molar-refractivity contribution in [2.75, 3.05) is 11.4 Å². The molecule has 1 atom stereocenters. The van der Waals surface area contributed by atoms with Gasteiger partial charge in [0.2, 0.25) is 5.91 Å². The molecule has 2 fully saturated rings. The van der Waals surface area contributed by atoms with Crippen LogP contribution in [0.4, 0.5) is 5.69 Å². The SMILES string of the molecule is O=C(C1CCN1)N(Cc1ccc(C2CCCCC2)cn1)c1ccc2c(=O)n(CO)ncc2c1. The van der Waals surface area contributed by atoms with Gasteiger partial charge in [0.1, 0.15) is 6.73 Å². The second-order valence-corrected chi connectivity index (χ2v) is 9.00. The van der Waals surface area contributed by atoms with Gasteiger partial charge < -0.3 is 15.3 Å². The monoisotopic (exact) mass is 447 g/mol. The Morgan fingerprint density at radius 3 is 2.61 bits per heavy atom. The molecule has 2 N–H and O–H groups in total. The van der Waals surface area contributed by atoms with Crippen molar-refractivity contribution in [1.82, 2.24) is 20.1 Å². The van der Waals surface area contributed by atoms with E-state index in [4.69, 9.17) is 4.98 Å². The fourth-order valence-electron chi connectivity index (χ4n) is 4.80. The smallest absolute Gasteiger partial charge is 0.276 e. The molecular formula is C25H29N5O3. The largest absolute Gasteiger partial charge is 0.374 e. The molecule has 1 unspecified atom stereocenters. The third-order valence-corrected chi connectivity index (χ3v) is 6.91. The van der Waals surface area contributed by atoms with E-state index in [-0.39, 0.29) is 17.5 Å². The van der Waals surface area contributed by atoms with E-state index >= 15 is 0 Å². The van der Waals surface area contributed by atoms with Gasteiger partial charge in [-0.25, -0.2) is 4.68 Å². The van der Waals surface area contributed by atoms with Crippen molar-refractivity contribution in [3.63, 3.8) is 0 Å². The first-order chi connectivity index (χ1) is 16.1. The first kappa shape index (κ1) is 21.7. The molecule has 1 saturated heterocycles. The van der Waals surface area contributed by atoms with Gasteiger partial charge in [0, 0.05) is 17.3 Å². The highest BCUT2D eigenvalue weighted by Crippen LogP contribution is 2.32. The van der Waals surface area contributed by atoms with Gasteiger partial charge in [0.25, 0.3) is 5.56 Å². The van der Waals surface area contributed by atoms with Gasteiger partial charge in [-0.05, 0) is 61.6 Å². The number of nitrogens with one attached hydrogen (secondary N) is 1. The predicted molar refractivity (Wildman–Crippen MR) is 126 cm³/mol. The number of anilines is 1. The molecule has 1 aliphatic heterocycles. The van der Waals surface area contributed by atoms with Crippen LogP contribution in [0.2, 0.25) is 0 Å². The summed E-state index contributed by atoms with van der Waals surface area (Å²) in [5.74, 6) is 0.587. The summed E-state index contributed by atoms with van der Waals surface area (Å²) in [7, 11) is 0. The summed E-state index contributed by atoms with van der Waals surface area (Å²) < 4.78 is 1.00. The molecule has 1 aromatic carbocycles. The summed E-state index contributed by atoms with van der Waals surface area (Å²) >= 11 is 0. The second-order valence-electron chi connectivity index (χ2n) is 9.00. The number of rotatable bonds is 6. The number of carbonyl (C=O) groups excluding carboxylic acids is 1. The normalized spacial score (nSPS) is 18.8. The van der Waals surface area contributed by atoms with E-state index in [9.17, 15) is 14.7 Å². The van der Waals surface area contributed by atoms with Crippen molar-refractivity contribution >= 4 is 22.4 Å². The quantitative estimate of drug-likeness (QED) is 0.603. The molecule has 8 nitrogen and oxygen atoms in total. The van der Waals surface area contributed by atoms with Crippen molar-refractivity contribution in [2.24, 2.45) is 0 Å². The molecule has 3 aromatic rings. The number of aliphatic hydroxyl groups is 1. The number of hydrogen-bond acceptors (Lipinski definition) is 6. The molecule has 8 heteroatoms. The van der Waals surface area contributed by atoms with Crippen LogP contribution < -0.4 is 15.8 Å². The Kier molecular flexibility index (Phi) is 6.20. The minimum absolute atomic E-state index is 0.00424. The second kappa shape index (κ2) is 9.41. The van der Waals surface area contributed by atoms with Crippen molar-refractivity contribution < 1.29 is 9.90 Å². The number of hydrogen-bond donors (Lipinski definition) is 2. The molecule has 172 valence electrons. The maximum atomic E-state index is 13.3. The highest BCUT2D eigenvalue weighted by molar-refractivity contribution is 5.99. The average Bonchev–Trinajstić information content (AvgIpc) is 2.82. The molecule has 3 heterocycles. The van der Waals surface area contributed by atoms with E-state index in [0.717, 1.165) is 23.3 Å². The zero-order chi connectivity index (χ0) is 22.8. The number of carbonyl (C=O) groups is 1. The fraction of sp³-hybridized carbons (Fsp3) is 0.440. The summed E-state index contributed by atoms with van der Waals surface area (Å²) in [4.78, 5) is 32.1. The molecule has 1 amide bonds. The molecule has 0 spiro atoms. The number of aliphatic hydroxyl groups excluding tert-OH is 1. The highest BCUT2D eigenvalue weighted by Gasteiger charge is 2.30. The van der Waals surface area contributed by atoms with Crippen molar-refractivity contribution in [2.45, 2.75) is 63.8 Å². The minimum Gasteiger partial charge on any atom is -0.374 e. The van der Waals surface area contributed by atoms with Gasteiger partial charge in [0.15, 0.2) is 0 Å². The maximum Gasteiger partial charge on any atom is 0.276 e. The van der Waals surface area contributed by atoms with Crippen LogP contribution in [0.15, 0.2) is 47.5 Å². The summed E-state index contributed by atoms with van der Waals surface area (Å²) in [5.41, 5.74) is 2.45. The van der Waals surface area contributed by atoms with Crippen LogP contribution in [0.1, 0.15) is 55.7 Å². The number of nitrogens with zero attached hydrogens (tertiary/aromatic N) is 4. The third-order valence-electron chi connectivity index (χ3n) is 6.91. The molecule has 2 aromatic heterocycles. The standard InChI is InChI=1S/C25H29N5O3/c31-16-30-24(32)22-9-8-21(12-19(22)14-28-30)29(25(33)23-10-11-26-23)15-20-7-6-18(13-27-20)17-4-2-1-3-5-17/h6-9,12-14,17,23,26,31H,1-5,10-11,15-16H2. The Hall–Kier alpha value is -3.10. The van der Waals surface area contributed by atoms with Gasteiger partial charge in [-0.2, -0.15) is 5.10 Å². The predicted octanol–water partition coefficient (Wildman–Crippen LogP) is 2.68. The number of fused-ring (bicyclic) bond motifs is 1. The summed E-state index contributed by atoms with van der Waals surface area (Å²) in [6, 6.07) is 9.25. The Morgan fingerprint density at radius 2 is 1.94 bits per heavy atom. The van der Waals surface area contributed by atoms with E-state index in [1.807, 2.05) is 12.3 Å². The van der Waals surface area contributed by atoms with E-state index in [1.54, 1.807) is 23.1 Å². The Bertz CT molecular complexity index is 1200. The number of pyridine rings is 1. The van der Waals surface area contributed by atoms with Gasteiger partial charge in [0.05, 0.1) is 29.9 Å². The first-order valence-electron chi connectivity index (χ1n) is 11.7. The van der Waals surface area contributed by atoms with Crippen LogP contribution in [-0.4, -0.2) is 38.4 Å². The van der Waals surface area contributed by atoms with E-state index in [0.29, 0.717) is 28.9 Å². The van der Waals surface area contributed by atoms with E-state index < -0.39 is 6.73 Å². The van der Waals surface area contributed by atoms with Crippen molar-refractivity contribution in [3.8, 4) is 0 Å². The minimum atomic E-state index is -0.475. The van der Waals surface area contributed by atoms with Gasteiger partial charge >= 0.3 is 0 Å². The average molecular weight is 448 g/mol. The van der Waals surface area contributed by atoms with Gasteiger partial charge in [-0.3, -0.25) is 14.6 Å². The lowest BCUT2D eigenvalue weighted by molar-refractivity contribution is -0.122. The number of aromatic nitrogens is 3. The van der Waals surface area contributed by atoms with Gasteiger partial charge in [-0.1, -0.05) is 25.3 Å². The summed E-state index contributed by atoms with van der Waals surface area (Å²) in [5, 5.41) is 17.6. The maximum absolute atomic E-state index is 13.3. The number of amides is 1. The summed E-state index contributed by atoms with van der Waals surface area (Å²) in [6.45, 7) is 0.715. The molecular weight excluding hydrogens is 418 g/mol. The molecule has 33 heavy (non-hydrogen) atoms. The van der Waals surface area contributed by atoms with Crippen LogP contribution in [-0.2, 0) is 18.1 Å². The molecule has 1 saturated carbocycles. The van der Waals surface area contributed by atoms with E-state index in [2.05, 4.69) is 16.5 Å². The Morgan fingerprint density at radius 1 is 1.12 bits per heavy atom. The fourth-order valence-corrected chi connectivity index (χ4v) is 4.80. The lowest BCUT2D eigenvalue weighted by atomic mass is 9.85. The van der Waals surface area contributed by atoms with Crippen molar-refractivity contribution in [3.05, 3.63) is 64.3 Å². The lowest BCUT2D eigenvalue weighted by Crippen LogP contribution is -2.54.